The number of carbonyl (C=O) groups excluding carboxylic acids is 2. The minimum Gasteiger partial charge on any atom is -0.542 e. The van der Waals surface area contributed by atoms with E-state index in [4.69, 9.17) is 5.11 Å². The number of carboxylic acid groups (broad SMARTS) is 1. The molecule has 0 heterocycles. The highest BCUT2D eigenvalue weighted by atomic mass is 16.4. The van der Waals surface area contributed by atoms with Crippen LogP contribution in [0.4, 0.5) is 0 Å². The molecule has 0 aromatic carbocycles. The van der Waals surface area contributed by atoms with Crippen molar-refractivity contribution in [3.05, 3.63) is 12.2 Å². The first-order valence-corrected chi connectivity index (χ1v) is 4.20. The molecule has 0 radical (unpaired) electrons. The molecule has 1 rings (SSSR count). The topological polar surface area (TPSA) is 77.4 Å². The van der Waals surface area contributed by atoms with Crippen LogP contribution in [0.1, 0.15) is 19.3 Å². The van der Waals surface area contributed by atoms with Crippen molar-refractivity contribution in [2.24, 2.45) is 5.92 Å². The molecule has 0 saturated carbocycles. The van der Waals surface area contributed by atoms with E-state index in [2.05, 4.69) is 0 Å². The van der Waals surface area contributed by atoms with Crippen LogP contribution in [0.15, 0.2) is 12.2 Å². The Morgan fingerprint density at radius 1 is 1.38 bits per heavy atom. The van der Waals surface area contributed by atoms with Crippen LogP contribution >= 0.6 is 0 Å². The van der Waals surface area contributed by atoms with Crippen LogP contribution in [0.25, 0.3) is 0 Å². The zero-order valence-electron chi connectivity index (χ0n) is 7.10. The van der Waals surface area contributed by atoms with E-state index in [9.17, 15) is 14.7 Å². The van der Waals surface area contributed by atoms with Gasteiger partial charge >= 0.3 is 0 Å². The van der Waals surface area contributed by atoms with Crippen molar-refractivity contribution in [2.45, 2.75) is 25.4 Å². The summed E-state index contributed by atoms with van der Waals surface area (Å²) in [6, 6.07) is 0. The van der Waals surface area contributed by atoms with E-state index in [0.717, 1.165) is 0 Å². The third-order valence-electron chi connectivity index (χ3n) is 2.11. The SMILES string of the molecule is O=C([O-])C(=O)C[C@H]1C=C[C@H](O)CC1. The number of rotatable bonds is 3. The number of hydrogen-bond donors (Lipinski definition) is 1. The molecule has 1 aliphatic rings. The van der Waals surface area contributed by atoms with Gasteiger partial charge in [-0.1, -0.05) is 12.2 Å². The smallest absolute Gasteiger partial charge is 0.178 e. The zero-order valence-corrected chi connectivity index (χ0v) is 7.10. The lowest BCUT2D eigenvalue weighted by molar-refractivity contribution is -0.300. The first-order chi connectivity index (χ1) is 6.09. The minimum absolute atomic E-state index is 0.0223. The summed E-state index contributed by atoms with van der Waals surface area (Å²) in [7, 11) is 0. The summed E-state index contributed by atoms with van der Waals surface area (Å²) in [5.74, 6) is -2.56. The Labute approximate surface area is 75.9 Å². The van der Waals surface area contributed by atoms with Crippen LogP contribution in [0, 0.1) is 5.92 Å². The Kier molecular flexibility index (Phi) is 3.19. The van der Waals surface area contributed by atoms with E-state index in [1.54, 1.807) is 12.2 Å². The average Bonchev–Trinajstić information content (AvgIpc) is 2.08. The van der Waals surface area contributed by atoms with Crippen LogP contribution in [-0.4, -0.2) is 23.0 Å². The normalized spacial score (nSPS) is 27.2. The predicted octanol–water partition coefficient (Wildman–Crippen LogP) is -0.977. The van der Waals surface area contributed by atoms with E-state index in [-0.39, 0.29) is 12.3 Å². The molecule has 0 aliphatic heterocycles. The number of ketones is 1. The van der Waals surface area contributed by atoms with Crippen molar-refractivity contribution in [1.82, 2.24) is 0 Å². The lowest BCUT2D eigenvalue weighted by Crippen LogP contribution is -2.33. The molecule has 0 aromatic heterocycles. The van der Waals surface area contributed by atoms with E-state index < -0.39 is 17.9 Å². The van der Waals surface area contributed by atoms with Crippen molar-refractivity contribution >= 4 is 11.8 Å². The van der Waals surface area contributed by atoms with Gasteiger partial charge in [-0.3, -0.25) is 4.79 Å². The van der Waals surface area contributed by atoms with Gasteiger partial charge in [0.2, 0.25) is 0 Å². The van der Waals surface area contributed by atoms with Crippen LogP contribution in [-0.2, 0) is 9.59 Å². The molecule has 1 aliphatic carbocycles. The Bertz CT molecular complexity index is 244. The molecule has 0 fully saturated rings. The number of carbonyl (C=O) groups is 2. The third kappa shape index (κ3) is 2.99. The quantitative estimate of drug-likeness (QED) is 0.450. The molecule has 0 spiro atoms. The molecular weight excluding hydrogens is 172 g/mol. The van der Waals surface area contributed by atoms with Gasteiger partial charge < -0.3 is 15.0 Å². The van der Waals surface area contributed by atoms with Crippen molar-refractivity contribution in [1.29, 1.82) is 0 Å². The molecule has 13 heavy (non-hydrogen) atoms. The standard InChI is InChI=1S/C9H12O4/c10-7-3-1-6(2-4-7)5-8(11)9(12)13/h1,3,6-7,10H,2,4-5H2,(H,12,13)/p-1/t6-,7-/m0/s1. The van der Waals surface area contributed by atoms with Gasteiger partial charge in [0, 0.05) is 6.42 Å². The summed E-state index contributed by atoms with van der Waals surface area (Å²) < 4.78 is 0. The maximum absolute atomic E-state index is 10.7. The number of aliphatic hydroxyl groups is 1. The fraction of sp³-hybridized carbons (Fsp3) is 0.556. The van der Waals surface area contributed by atoms with Gasteiger partial charge in [0.15, 0.2) is 5.78 Å². The van der Waals surface area contributed by atoms with Crippen molar-refractivity contribution < 1.29 is 19.8 Å². The van der Waals surface area contributed by atoms with Crippen LogP contribution in [0.3, 0.4) is 0 Å². The Hall–Kier alpha value is -1.16. The van der Waals surface area contributed by atoms with Crippen LogP contribution in [0.5, 0.6) is 0 Å². The molecule has 0 bridgehead atoms. The molecule has 0 unspecified atom stereocenters. The van der Waals surface area contributed by atoms with E-state index in [0.29, 0.717) is 12.8 Å². The monoisotopic (exact) mass is 183 g/mol. The summed E-state index contributed by atoms with van der Waals surface area (Å²) in [5, 5.41) is 19.2. The molecule has 1 N–H and O–H groups in total. The van der Waals surface area contributed by atoms with Gasteiger partial charge in [0.1, 0.15) is 5.97 Å². The summed E-state index contributed by atoms with van der Waals surface area (Å²) >= 11 is 0. The Morgan fingerprint density at radius 2 is 2.08 bits per heavy atom. The highest BCUT2D eigenvalue weighted by molar-refractivity contribution is 6.31. The number of Topliss-reactive ketones (excluding diaryl/α,β-unsaturated/α-hetero) is 1. The molecule has 0 saturated heterocycles. The lowest BCUT2D eigenvalue weighted by Gasteiger charge is -2.18. The highest BCUT2D eigenvalue weighted by Crippen LogP contribution is 2.20. The Morgan fingerprint density at radius 3 is 2.54 bits per heavy atom. The first kappa shape index (κ1) is 9.92. The number of aliphatic hydroxyl groups excluding tert-OH is 1. The number of allylic oxidation sites excluding steroid dienone is 1. The minimum atomic E-state index is -1.63. The Balaban J connectivity index is 2.43. The van der Waals surface area contributed by atoms with E-state index in [1.807, 2.05) is 0 Å². The van der Waals surface area contributed by atoms with Crippen molar-refractivity contribution in [3.63, 3.8) is 0 Å². The maximum Gasteiger partial charge on any atom is 0.178 e. The second-order valence-electron chi connectivity index (χ2n) is 3.20. The van der Waals surface area contributed by atoms with Crippen LogP contribution < -0.4 is 5.11 Å². The highest BCUT2D eigenvalue weighted by Gasteiger charge is 2.16. The third-order valence-corrected chi connectivity index (χ3v) is 2.11. The number of carboxylic acids is 1. The van der Waals surface area contributed by atoms with Gasteiger partial charge in [-0.25, -0.2) is 0 Å². The number of hydrogen-bond acceptors (Lipinski definition) is 4. The molecule has 0 amide bonds. The molecule has 72 valence electrons. The zero-order chi connectivity index (χ0) is 9.84. The maximum atomic E-state index is 10.7. The molecule has 0 aromatic rings. The number of aliphatic carboxylic acids is 1. The molecule has 2 atom stereocenters. The van der Waals surface area contributed by atoms with Gasteiger partial charge in [-0.15, -0.1) is 0 Å². The van der Waals surface area contributed by atoms with Gasteiger partial charge in [0.05, 0.1) is 6.10 Å². The predicted molar refractivity (Wildman–Crippen MR) is 42.5 cm³/mol. The first-order valence-electron chi connectivity index (χ1n) is 4.20. The van der Waals surface area contributed by atoms with Gasteiger partial charge in [-0.05, 0) is 18.8 Å². The van der Waals surface area contributed by atoms with Crippen molar-refractivity contribution in [3.8, 4) is 0 Å². The fourth-order valence-electron chi connectivity index (χ4n) is 1.35. The molecule has 4 heteroatoms. The van der Waals surface area contributed by atoms with Gasteiger partial charge in [0.25, 0.3) is 0 Å². The summed E-state index contributed by atoms with van der Waals surface area (Å²) in [6.45, 7) is 0. The second-order valence-corrected chi connectivity index (χ2v) is 3.20. The summed E-state index contributed by atoms with van der Waals surface area (Å²) in [6.07, 6.45) is 4.05. The largest absolute Gasteiger partial charge is 0.542 e. The van der Waals surface area contributed by atoms with Gasteiger partial charge in [-0.2, -0.15) is 0 Å². The second kappa shape index (κ2) is 4.18. The van der Waals surface area contributed by atoms with E-state index >= 15 is 0 Å². The van der Waals surface area contributed by atoms with Crippen molar-refractivity contribution in [2.75, 3.05) is 0 Å². The summed E-state index contributed by atoms with van der Waals surface area (Å²) in [5.41, 5.74) is 0. The average molecular weight is 183 g/mol. The molecular formula is C9H11O4-. The lowest BCUT2D eigenvalue weighted by atomic mass is 9.90. The fourth-order valence-corrected chi connectivity index (χ4v) is 1.35. The van der Waals surface area contributed by atoms with E-state index in [1.165, 1.54) is 0 Å². The van der Waals surface area contributed by atoms with Crippen LogP contribution in [0.2, 0.25) is 0 Å². The molecule has 4 nitrogen and oxygen atoms in total. The summed E-state index contributed by atoms with van der Waals surface area (Å²) in [4.78, 5) is 20.8.